The van der Waals surface area contributed by atoms with Gasteiger partial charge in [-0.2, -0.15) is 0 Å². The second-order valence-corrected chi connectivity index (χ2v) is 9.83. The first-order valence-corrected chi connectivity index (χ1v) is 12.6. The van der Waals surface area contributed by atoms with Gasteiger partial charge in [0.1, 0.15) is 0 Å². The normalized spacial score (nSPS) is 20.1. The van der Waals surface area contributed by atoms with Crippen LogP contribution in [0, 0.1) is 5.92 Å². The van der Waals surface area contributed by atoms with Crippen molar-refractivity contribution in [3.8, 4) is 0 Å². The van der Waals surface area contributed by atoms with Crippen LogP contribution in [0.4, 0.5) is 11.4 Å². The Morgan fingerprint density at radius 3 is 2.42 bits per heavy atom. The Morgan fingerprint density at radius 2 is 1.53 bits per heavy atom. The van der Waals surface area contributed by atoms with E-state index in [4.69, 9.17) is 0 Å². The minimum Gasteiger partial charge on any atom is -0.378 e. The predicted octanol–water partition coefficient (Wildman–Crippen LogP) is 8.07. The van der Waals surface area contributed by atoms with E-state index in [1.54, 1.807) is 0 Å². The SMILES string of the molecule is O=C(Nc1cccc([C@@H]2Nc3ccc4ccccc4c3[C@H]3C=CC[C@H]32)c1)c1cccc2ccccc12. The molecule has 0 spiro atoms. The number of fused-ring (bicyclic) bond motifs is 6. The van der Waals surface area contributed by atoms with Crippen molar-refractivity contribution in [1.82, 2.24) is 0 Å². The predicted molar refractivity (Wildman–Crippen MR) is 149 cm³/mol. The number of hydrogen-bond acceptors (Lipinski definition) is 2. The standard InChI is InChI=1S/C33H26N2O/c36-33(29-17-6-10-21-8-1-3-13-25(21)29)34-24-12-5-11-23(20-24)32-28-16-7-15-27(28)31-26-14-4-2-9-22(26)18-19-30(31)35-32/h1-15,17-20,27-28,32,35H,16H2,(H,34,36)/t27-,28+,32-/m0/s1. The highest BCUT2D eigenvalue weighted by molar-refractivity contribution is 6.13. The molecule has 7 rings (SSSR count). The monoisotopic (exact) mass is 466 g/mol. The fourth-order valence-corrected chi connectivity index (χ4v) is 6.14. The molecule has 3 atom stereocenters. The van der Waals surface area contributed by atoms with Crippen LogP contribution in [-0.4, -0.2) is 5.91 Å². The maximum atomic E-state index is 13.2. The zero-order valence-corrected chi connectivity index (χ0v) is 19.8. The quantitative estimate of drug-likeness (QED) is 0.264. The molecule has 0 aromatic heterocycles. The van der Waals surface area contributed by atoms with Crippen LogP contribution in [0.15, 0.2) is 115 Å². The minimum atomic E-state index is -0.0854. The lowest BCUT2D eigenvalue weighted by atomic mass is 9.75. The van der Waals surface area contributed by atoms with E-state index in [1.165, 1.54) is 27.6 Å². The Labute approximate surface area is 210 Å². The molecule has 1 aliphatic heterocycles. The van der Waals surface area contributed by atoms with Crippen LogP contribution in [0.3, 0.4) is 0 Å². The fraction of sp³-hybridized carbons (Fsp3) is 0.121. The average Bonchev–Trinajstić information content (AvgIpc) is 3.42. The van der Waals surface area contributed by atoms with Crippen molar-refractivity contribution >= 4 is 38.8 Å². The van der Waals surface area contributed by atoms with Crippen molar-refractivity contribution in [1.29, 1.82) is 0 Å². The van der Waals surface area contributed by atoms with Gasteiger partial charge in [0.2, 0.25) is 0 Å². The molecule has 0 unspecified atom stereocenters. The number of rotatable bonds is 3. The largest absolute Gasteiger partial charge is 0.378 e. The summed E-state index contributed by atoms with van der Waals surface area (Å²) in [5.41, 5.74) is 5.32. The summed E-state index contributed by atoms with van der Waals surface area (Å²) in [6, 6.07) is 35.5. The van der Waals surface area contributed by atoms with E-state index < -0.39 is 0 Å². The molecular formula is C33H26N2O. The number of allylic oxidation sites excluding steroid dienone is 2. The number of amides is 1. The second kappa shape index (κ2) is 8.39. The number of carbonyl (C=O) groups excluding carboxylic acids is 1. The molecule has 0 bridgehead atoms. The molecular weight excluding hydrogens is 440 g/mol. The molecule has 0 fully saturated rings. The summed E-state index contributed by atoms with van der Waals surface area (Å²) >= 11 is 0. The summed E-state index contributed by atoms with van der Waals surface area (Å²) in [5.74, 6) is 0.733. The van der Waals surface area contributed by atoms with Gasteiger partial charge in [0.05, 0.1) is 6.04 Å². The Hall–Kier alpha value is -4.37. The summed E-state index contributed by atoms with van der Waals surface area (Å²) in [6.07, 6.45) is 5.75. The van der Waals surface area contributed by atoms with Gasteiger partial charge in [-0.05, 0) is 69.3 Å². The van der Waals surface area contributed by atoms with Crippen LogP contribution in [0.1, 0.15) is 39.9 Å². The van der Waals surface area contributed by atoms with Gasteiger partial charge in [-0.3, -0.25) is 4.79 Å². The van der Waals surface area contributed by atoms with Crippen molar-refractivity contribution in [2.24, 2.45) is 5.92 Å². The Balaban J connectivity index is 1.22. The van der Waals surface area contributed by atoms with Gasteiger partial charge in [-0.25, -0.2) is 0 Å². The molecule has 2 N–H and O–H groups in total. The molecule has 174 valence electrons. The number of anilines is 2. The van der Waals surface area contributed by atoms with Gasteiger partial charge in [0.15, 0.2) is 0 Å². The summed E-state index contributed by atoms with van der Waals surface area (Å²) in [4.78, 5) is 13.2. The molecule has 2 aliphatic rings. The van der Waals surface area contributed by atoms with Gasteiger partial charge in [-0.15, -0.1) is 0 Å². The van der Waals surface area contributed by atoms with Crippen molar-refractivity contribution < 1.29 is 4.79 Å². The summed E-state index contributed by atoms with van der Waals surface area (Å²) in [5, 5.41) is 11.7. The third-order valence-electron chi connectivity index (χ3n) is 7.79. The average molecular weight is 467 g/mol. The minimum absolute atomic E-state index is 0.0854. The number of benzene rings is 5. The smallest absolute Gasteiger partial charge is 0.256 e. The molecule has 1 heterocycles. The molecule has 3 heteroatoms. The molecule has 1 amide bonds. The molecule has 36 heavy (non-hydrogen) atoms. The summed E-state index contributed by atoms with van der Waals surface area (Å²) in [7, 11) is 0. The number of carbonyl (C=O) groups is 1. The van der Waals surface area contributed by atoms with Gasteiger partial charge in [0.25, 0.3) is 5.91 Å². The number of hydrogen-bond donors (Lipinski definition) is 2. The third kappa shape index (κ3) is 3.39. The maximum absolute atomic E-state index is 13.2. The Bertz CT molecular complexity index is 1660. The van der Waals surface area contributed by atoms with Crippen LogP contribution in [0.25, 0.3) is 21.5 Å². The van der Waals surface area contributed by atoms with Crippen LogP contribution in [-0.2, 0) is 0 Å². The van der Waals surface area contributed by atoms with E-state index in [0.29, 0.717) is 17.4 Å². The maximum Gasteiger partial charge on any atom is 0.256 e. The van der Waals surface area contributed by atoms with E-state index in [2.05, 4.69) is 71.3 Å². The summed E-state index contributed by atoms with van der Waals surface area (Å²) < 4.78 is 0. The third-order valence-corrected chi connectivity index (χ3v) is 7.79. The second-order valence-electron chi connectivity index (χ2n) is 9.83. The van der Waals surface area contributed by atoms with Crippen molar-refractivity contribution in [2.75, 3.05) is 10.6 Å². The van der Waals surface area contributed by atoms with Crippen LogP contribution < -0.4 is 10.6 Å². The molecule has 1 aliphatic carbocycles. The zero-order chi connectivity index (χ0) is 24.1. The first kappa shape index (κ1) is 21.0. The van der Waals surface area contributed by atoms with E-state index >= 15 is 0 Å². The first-order valence-electron chi connectivity index (χ1n) is 12.6. The van der Waals surface area contributed by atoms with Crippen molar-refractivity contribution in [3.63, 3.8) is 0 Å². The van der Waals surface area contributed by atoms with Crippen molar-refractivity contribution in [2.45, 2.75) is 18.4 Å². The zero-order valence-electron chi connectivity index (χ0n) is 19.8. The molecule has 3 nitrogen and oxygen atoms in total. The highest BCUT2D eigenvalue weighted by atomic mass is 16.1. The van der Waals surface area contributed by atoms with E-state index in [-0.39, 0.29) is 11.9 Å². The van der Waals surface area contributed by atoms with Gasteiger partial charge >= 0.3 is 0 Å². The molecule has 0 radical (unpaired) electrons. The van der Waals surface area contributed by atoms with Gasteiger partial charge in [-0.1, -0.05) is 91.0 Å². The van der Waals surface area contributed by atoms with Crippen molar-refractivity contribution in [3.05, 3.63) is 132 Å². The first-order chi connectivity index (χ1) is 17.8. The lowest BCUT2D eigenvalue weighted by molar-refractivity contribution is 0.102. The fourth-order valence-electron chi connectivity index (χ4n) is 6.14. The van der Waals surface area contributed by atoms with E-state index in [9.17, 15) is 4.79 Å². The lowest BCUT2D eigenvalue weighted by Crippen LogP contribution is -2.29. The van der Waals surface area contributed by atoms with Crippen LogP contribution >= 0.6 is 0 Å². The lowest BCUT2D eigenvalue weighted by Gasteiger charge is -2.38. The Morgan fingerprint density at radius 1 is 0.778 bits per heavy atom. The highest BCUT2D eigenvalue weighted by Crippen LogP contribution is 2.51. The Kier molecular flexibility index (Phi) is 4.88. The van der Waals surface area contributed by atoms with Crippen LogP contribution in [0.2, 0.25) is 0 Å². The topological polar surface area (TPSA) is 41.1 Å². The molecule has 5 aromatic rings. The van der Waals surface area contributed by atoms with Gasteiger partial charge in [0, 0.05) is 22.9 Å². The number of nitrogens with one attached hydrogen (secondary N) is 2. The van der Waals surface area contributed by atoms with Gasteiger partial charge < -0.3 is 10.6 Å². The highest BCUT2D eigenvalue weighted by Gasteiger charge is 2.38. The molecule has 0 saturated carbocycles. The van der Waals surface area contributed by atoms with E-state index in [0.717, 1.165) is 22.9 Å². The molecule has 0 saturated heterocycles. The molecule has 5 aromatic carbocycles. The van der Waals surface area contributed by atoms with E-state index in [1.807, 2.05) is 54.6 Å². The summed E-state index contributed by atoms with van der Waals surface area (Å²) in [6.45, 7) is 0. The van der Waals surface area contributed by atoms with Crippen LogP contribution in [0.5, 0.6) is 0 Å².